The second-order valence-electron chi connectivity index (χ2n) is 15.6. The average Bonchev–Trinajstić information content (AvgIpc) is 3.37. The summed E-state index contributed by atoms with van der Waals surface area (Å²) in [5, 5.41) is 0. The third kappa shape index (κ3) is 9.28. The van der Waals surface area contributed by atoms with Crippen molar-refractivity contribution in [3.63, 3.8) is 0 Å². The topological polar surface area (TPSA) is 76.2 Å². The summed E-state index contributed by atoms with van der Waals surface area (Å²) < 4.78 is 60.6. The van der Waals surface area contributed by atoms with Gasteiger partial charge in [0.2, 0.25) is 5.82 Å². The van der Waals surface area contributed by atoms with Crippen molar-refractivity contribution in [1.29, 1.82) is 0 Å². The number of carbonyl (C=O) groups excluding carboxylic acids is 2. The van der Waals surface area contributed by atoms with Gasteiger partial charge < -0.3 is 19.3 Å². The van der Waals surface area contributed by atoms with Crippen molar-refractivity contribution in [2.45, 2.75) is 115 Å². The van der Waals surface area contributed by atoms with E-state index in [1.165, 1.54) is 17.5 Å². The maximum absolute atomic E-state index is 13.1. The minimum Gasteiger partial charge on any atom is -0.493 e. The van der Waals surface area contributed by atoms with Gasteiger partial charge in [0.25, 0.3) is 0 Å². The first kappa shape index (κ1) is 41.5. The van der Waals surface area contributed by atoms with Gasteiger partial charge in [-0.15, -0.1) is 0 Å². The Morgan fingerprint density at radius 1 is 1.14 bits per heavy atom. The van der Waals surface area contributed by atoms with Crippen LogP contribution in [-0.2, 0) is 22.0 Å². The Balaban J connectivity index is 0.000000330. The van der Waals surface area contributed by atoms with Crippen molar-refractivity contribution in [2.75, 3.05) is 40.0 Å². The third-order valence-electron chi connectivity index (χ3n) is 12.0. The third-order valence-corrected chi connectivity index (χ3v) is 13.5. The lowest BCUT2D eigenvalue weighted by Gasteiger charge is -2.51. The Hall–Kier alpha value is -2.27. The molecule has 2 saturated carbocycles. The number of ketones is 1. The highest BCUT2D eigenvalue weighted by Crippen LogP contribution is 2.62. The number of carbonyl (C=O) groups is 2. The second-order valence-corrected chi connectivity index (χ2v) is 17.3. The molecule has 1 aromatic rings. The molecule has 4 radical (unpaired) electrons. The van der Waals surface area contributed by atoms with Crippen molar-refractivity contribution in [2.24, 2.45) is 23.2 Å². The molecule has 1 heterocycles. The molecule has 13 heteroatoms. The van der Waals surface area contributed by atoms with Gasteiger partial charge in [-0.25, -0.2) is 18.0 Å². The predicted octanol–water partition coefficient (Wildman–Crippen LogP) is 7.32. The molecule has 1 aliphatic heterocycles. The van der Waals surface area contributed by atoms with E-state index in [-0.39, 0.29) is 23.7 Å². The summed E-state index contributed by atoms with van der Waals surface area (Å²) in [5.74, 6) is -0.285. The van der Waals surface area contributed by atoms with E-state index in [1.807, 2.05) is 4.90 Å². The van der Waals surface area contributed by atoms with E-state index in [2.05, 4.69) is 59.4 Å². The normalized spacial score (nSPS) is 28.0. The summed E-state index contributed by atoms with van der Waals surface area (Å²) in [7, 11) is 13.5. The molecule has 51 heavy (non-hydrogen) atoms. The van der Waals surface area contributed by atoms with Crippen molar-refractivity contribution in [3.8, 4) is 11.5 Å². The highest BCUT2D eigenvalue weighted by Gasteiger charge is 2.56. The number of Topliss-reactive ketones (excluding diaryl/α,β-unsaturated/α-hetero) is 1. The van der Waals surface area contributed by atoms with Crippen LogP contribution >= 0.6 is 0 Å². The van der Waals surface area contributed by atoms with Crippen molar-refractivity contribution in [3.05, 3.63) is 34.7 Å². The number of alkyl halides is 3. The lowest BCUT2D eigenvalue weighted by Crippen LogP contribution is -2.46. The Bertz CT molecular complexity index is 1450. The summed E-state index contributed by atoms with van der Waals surface area (Å²) in [6.07, 6.45) is 8.14. The summed E-state index contributed by atoms with van der Waals surface area (Å²) >= 11 is 0. The van der Waals surface area contributed by atoms with Gasteiger partial charge in [-0.2, -0.15) is 0 Å². The lowest BCUT2D eigenvalue weighted by molar-refractivity contribution is -0.130. The molecule has 0 N–H and O–H groups in total. The predicted molar refractivity (Wildman–Crippen MR) is 198 cm³/mol. The van der Waals surface area contributed by atoms with Crippen LogP contribution in [-0.4, -0.2) is 99.1 Å². The van der Waals surface area contributed by atoms with Gasteiger partial charge in [-0.05, 0) is 119 Å². The molecule has 1 saturated heterocycles. The Morgan fingerprint density at radius 2 is 1.80 bits per heavy atom. The summed E-state index contributed by atoms with van der Waals surface area (Å²) in [4.78, 5) is 30.4. The standard InChI is InChI=1S/C30H44N2O4.C8H11B2F3OS/c1-6-7-19-16-20-17-26(36-29(34)32-14-11-21(12-15-32)31(3)4)25(35-5)18-23(20)22-10-13-30(2)24(28(19)22)8-9-27(30)33;1-6(2)15(14)5-3-4-7(9,11)8(10,12)13/h17-19,21-22,24,28H,6-16H2,1-5H3;1,3-5H2,2H3/t19-,22?,24?,28?,30?;/m1./s1. The van der Waals surface area contributed by atoms with Crippen LogP contribution in [0.15, 0.2) is 23.6 Å². The van der Waals surface area contributed by atoms with E-state index in [9.17, 15) is 27.0 Å². The van der Waals surface area contributed by atoms with Gasteiger partial charge in [0, 0.05) is 52.4 Å². The number of hydrogen-bond donors (Lipinski definition) is 0. The van der Waals surface area contributed by atoms with Gasteiger partial charge in [0.1, 0.15) is 19.2 Å². The molecule has 0 aromatic heterocycles. The van der Waals surface area contributed by atoms with E-state index in [0.717, 1.165) is 64.5 Å². The van der Waals surface area contributed by atoms with E-state index >= 15 is 0 Å². The number of ether oxygens (including phenoxy) is 2. The largest absolute Gasteiger partial charge is 0.493 e. The maximum atomic E-state index is 13.1. The fourth-order valence-corrected chi connectivity index (χ4v) is 9.73. The molecular weight excluding hydrogens is 675 g/mol. The lowest BCUT2D eigenvalue weighted by atomic mass is 9.52. The maximum Gasteiger partial charge on any atom is 0.415 e. The molecule has 3 fully saturated rings. The van der Waals surface area contributed by atoms with Crippen LogP contribution in [0.3, 0.4) is 0 Å². The van der Waals surface area contributed by atoms with Gasteiger partial charge in [0.15, 0.2) is 19.3 Å². The summed E-state index contributed by atoms with van der Waals surface area (Å²) in [5.41, 5.74) is -0.731. The van der Waals surface area contributed by atoms with E-state index in [1.54, 1.807) is 14.0 Å². The number of allylic oxidation sites excluding steroid dienone is 1. The molecule has 4 aliphatic rings. The molecule has 280 valence electrons. The Kier molecular flexibility index (Phi) is 13.7. The van der Waals surface area contributed by atoms with Gasteiger partial charge >= 0.3 is 6.09 Å². The number of methoxy groups -OCH3 is 1. The van der Waals surface area contributed by atoms with E-state index in [0.29, 0.717) is 51.9 Å². The number of nitrogens with zero attached hydrogens (tertiary/aromatic N) is 2. The number of fused-ring (bicyclic) bond motifs is 5. The van der Waals surface area contributed by atoms with Crippen LogP contribution in [0.25, 0.3) is 0 Å². The quantitative estimate of drug-likeness (QED) is 0.223. The van der Waals surface area contributed by atoms with E-state index in [4.69, 9.17) is 17.3 Å². The number of likely N-dealkylation sites (tertiary alicyclic amines) is 1. The fraction of sp³-hybridized carbons (Fsp3) is 0.737. The van der Waals surface area contributed by atoms with Gasteiger partial charge in [0.05, 0.1) is 7.11 Å². The number of benzene rings is 1. The molecule has 7 nitrogen and oxygen atoms in total. The zero-order valence-electron chi connectivity index (χ0n) is 31.3. The summed E-state index contributed by atoms with van der Waals surface area (Å²) in [6.45, 7) is 10.9. The molecule has 1 aromatic carbocycles. The minimum absolute atomic E-state index is 0.0424. The Morgan fingerprint density at radius 3 is 2.37 bits per heavy atom. The van der Waals surface area contributed by atoms with Crippen LogP contribution in [0, 0.1) is 23.2 Å². The number of hydrogen-bond acceptors (Lipinski definition) is 6. The molecule has 3 aliphatic carbocycles. The first-order valence-electron chi connectivity index (χ1n) is 18.4. The van der Waals surface area contributed by atoms with Crippen LogP contribution in [0.4, 0.5) is 18.0 Å². The molecule has 6 unspecified atom stereocenters. The van der Waals surface area contributed by atoms with E-state index < -0.39 is 28.6 Å². The molecule has 0 spiro atoms. The fourth-order valence-electron chi connectivity index (χ4n) is 8.98. The summed E-state index contributed by atoms with van der Waals surface area (Å²) in [6, 6.07) is 4.75. The average molecular weight is 731 g/mol. The van der Waals surface area contributed by atoms with Crippen molar-refractivity contribution >= 4 is 38.4 Å². The molecule has 7 atom stereocenters. The number of amides is 1. The number of halogens is 3. The first-order chi connectivity index (χ1) is 23.8. The molecule has 5 rings (SSSR count). The van der Waals surface area contributed by atoms with Crippen molar-refractivity contribution < 1.29 is 36.4 Å². The molecule has 0 bridgehead atoms. The highest BCUT2D eigenvalue weighted by atomic mass is 32.2. The molecular formula is C38H55B2F3N2O5S. The Labute approximate surface area is 308 Å². The van der Waals surface area contributed by atoms with Crippen LogP contribution in [0.2, 0.25) is 0 Å². The zero-order chi connectivity index (χ0) is 37.9. The second kappa shape index (κ2) is 16.8. The van der Waals surface area contributed by atoms with Gasteiger partial charge in [-0.1, -0.05) is 33.3 Å². The monoisotopic (exact) mass is 730 g/mol. The SMILES string of the molecule is CCC[C@@H]1Cc2cc(OC(=O)N3CCC(N(C)C)CC3)c(OC)cc2C2CCC3(C)C(=O)CCC3C21.[B]C(F)(F)C([B])(F)CCCS(=O)C(=C)C. The van der Waals surface area contributed by atoms with Crippen LogP contribution in [0.5, 0.6) is 11.5 Å². The smallest absolute Gasteiger partial charge is 0.415 e. The zero-order valence-corrected chi connectivity index (χ0v) is 32.1. The number of piperidine rings is 1. The minimum atomic E-state index is -4.09. The first-order valence-corrected chi connectivity index (χ1v) is 19.7. The highest BCUT2D eigenvalue weighted by molar-refractivity contribution is 7.88. The van der Waals surface area contributed by atoms with Crippen molar-refractivity contribution in [1.82, 2.24) is 9.80 Å². The van der Waals surface area contributed by atoms with Gasteiger partial charge in [-0.3, -0.25) is 9.00 Å². The molecule has 1 amide bonds. The van der Waals surface area contributed by atoms with Crippen LogP contribution < -0.4 is 9.47 Å². The van der Waals surface area contributed by atoms with Crippen LogP contribution in [0.1, 0.15) is 102 Å². The number of rotatable bonds is 11.